The maximum atomic E-state index is 11.1. The molecule has 7 nitrogen and oxygen atoms in total. The van der Waals surface area contributed by atoms with Gasteiger partial charge in [-0.25, -0.2) is 4.79 Å². The van der Waals surface area contributed by atoms with E-state index in [2.05, 4.69) is 5.32 Å². The van der Waals surface area contributed by atoms with Gasteiger partial charge in [-0.15, -0.1) is 0 Å². The summed E-state index contributed by atoms with van der Waals surface area (Å²) in [5.74, 6) is -0.632. The second-order valence-electron chi connectivity index (χ2n) is 5.51. The number of nitro benzene ring substituents is 1. The van der Waals surface area contributed by atoms with E-state index in [4.69, 9.17) is 9.84 Å². The summed E-state index contributed by atoms with van der Waals surface area (Å²) in [6.45, 7) is 0.653. The number of carboxylic acid groups (broad SMARTS) is 1. The Kier molecular flexibility index (Phi) is 3.50. The van der Waals surface area contributed by atoms with Crippen molar-refractivity contribution >= 4 is 17.3 Å². The van der Waals surface area contributed by atoms with Crippen LogP contribution in [0.2, 0.25) is 0 Å². The molecule has 2 unspecified atom stereocenters. The van der Waals surface area contributed by atoms with E-state index in [1.165, 1.54) is 12.1 Å². The molecule has 1 saturated carbocycles. The van der Waals surface area contributed by atoms with E-state index in [9.17, 15) is 14.9 Å². The third-order valence-electron chi connectivity index (χ3n) is 4.00. The van der Waals surface area contributed by atoms with Crippen LogP contribution in [0, 0.1) is 16.0 Å². The molecule has 3 rings (SSSR count). The molecule has 2 fully saturated rings. The predicted octanol–water partition coefficient (Wildman–Crippen LogP) is 2.27. The molecular weight excluding hydrogens is 276 g/mol. The van der Waals surface area contributed by atoms with Crippen LogP contribution in [0.25, 0.3) is 0 Å². The number of aromatic carboxylic acids is 1. The highest BCUT2D eigenvalue weighted by atomic mass is 16.6. The molecule has 2 N–H and O–H groups in total. The lowest BCUT2D eigenvalue weighted by Gasteiger charge is -2.20. The molecule has 1 aliphatic heterocycles. The fourth-order valence-electron chi connectivity index (χ4n) is 2.79. The van der Waals surface area contributed by atoms with Crippen LogP contribution in [-0.4, -0.2) is 34.8 Å². The molecule has 1 saturated heterocycles. The SMILES string of the molecule is O=C(O)c1ccc(NC2CCOC2C2CC2)c([N+](=O)[O-])c1. The Balaban J connectivity index is 1.83. The molecule has 0 aromatic heterocycles. The van der Waals surface area contributed by atoms with Crippen LogP contribution in [-0.2, 0) is 4.74 Å². The van der Waals surface area contributed by atoms with Gasteiger partial charge in [-0.3, -0.25) is 10.1 Å². The maximum Gasteiger partial charge on any atom is 0.335 e. The minimum Gasteiger partial charge on any atom is -0.478 e. The number of benzene rings is 1. The fourth-order valence-corrected chi connectivity index (χ4v) is 2.79. The van der Waals surface area contributed by atoms with E-state index in [-0.39, 0.29) is 23.4 Å². The molecule has 1 aromatic carbocycles. The van der Waals surface area contributed by atoms with Crippen molar-refractivity contribution in [1.29, 1.82) is 0 Å². The van der Waals surface area contributed by atoms with E-state index in [0.29, 0.717) is 18.2 Å². The highest BCUT2D eigenvalue weighted by Gasteiger charge is 2.41. The van der Waals surface area contributed by atoms with Crippen LogP contribution in [0.5, 0.6) is 0 Å². The zero-order chi connectivity index (χ0) is 15.0. The molecule has 0 bridgehead atoms. The average molecular weight is 292 g/mol. The minimum atomic E-state index is -1.18. The van der Waals surface area contributed by atoms with Gasteiger partial charge in [0.2, 0.25) is 0 Å². The Labute approximate surface area is 121 Å². The third-order valence-corrected chi connectivity index (χ3v) is 4.00. The summed E-state index contributed by atoms with van der Waals surface area (Å²) >= 11 is 0. The van der Waals surface area contributed by atoms with E-state index < -0.39 is 10.9 Å². The van der Waals surface area contributed by atoms with Gasteiger partial charge < -0.3 is 15.2 Å². The molecular formula is C14H16N2O5. The lowest BCUT2D eigenvalue weighted by Crippen LogP contribution is -2.31. The average Bonchev–Trinajstić information content (AvgIpc) is 3.19. The Morgan fingerprint density at radius 2 is 2.14 bits per heavy atom. The number of ether oxygens (including phenoxy) is 1. The number of nitro groups is 1. The van der Waals surface area contributed by atoms with Gasteiger partial charge in [0.25, 0.3) is 5.69 Å². The van der Waals surface area contributed by atoms with Crippen molar-refractivity contribution in [1.82, 2.24) is 0 Å². The van der Waals surface area contributed by atoms with Gasteiger partial charge in [0.1, 0.15) is 5.69 Å². The van der Waals surface area contributed by atoms with E-state index in [0.717, 1.165) is 25.3 Å². The zero-order valence-electron chi connectivity index (χ0n) is 11.3. The number of nitrogens with one attached hydrogen (secondary N) is 1. The summed E-state index contributed by atoms with van der Waals surface area (Å²) in [5, 5.41) is 23.2. The smallest absolute Gasteiger partial charge is 0.335 e. The number of hydrogen-bond acceptors (Lipinski definition) is 5. The number of carbonyl (C=O) groups is 1. The van der Waals surface area contributed by atoms with Crippen LogP contribution < -0.4 is 5.32 Å². The van der Waals surface area contributed by atoms with Gasteiger partial charge in [-0.1, -0.05) is 0 Å². The Hall–Kier alpha value is -2.15. The summed E-state index contributed by atoms with van der Waals surface area (Å²) in [7, 11) is 0. The largest absolute Gasteiger partial charge is 0.478 e. The van der Waals surface area contributed by atoms with Crippen LogP contribution >= 0.6 is 0 Å². The maximum absolute atomic E-state index is 11.1. The molecule has 0 amide bonds. The zero-order valence-corrected chi connectivity index (χ0v) is 11.3. The molecule has 2 aliphatic rings. The number of rotatable bonds is 5. The topological polar surface area (TPSA) is 102 Å². The van der Waals surface area contributed by atoms with Crippen molar-refractivity contribution in [2.45, 2.75) is 31.4 Å². The molecule has 1 aliphatic carbocycles. The summed E-state index contributed by atoms with van der Waals surface area (Å²) in [6.07, 6.45) is 3.19. The van der Waals surface area contributed by atoms with Crippen LogP contribution in [0.4, 0.5) is 11.4 Å². The highest BCUT2D eigenvalue weighted by Crippen LogP contribution is 2.40. The first-order valence-corrected chi connectivity index (χ1v) is 6.96. The van der Waals surface area contributed by atoms with Crippen molar-refractivity contribution in [3.8, 4) is 0 Å². The van der Waals surface area contributed by atoms with Crippen LogP contribution in [0.3, 0.4) is 0 Å². The van der Waals surface area contributed by atoms with Crippen molar-refractivity contribution in [3.05, 3.63) is 33.9 Å². The summed E-state index contributed by atoms with van der Waals surface area (Å²) < 4.78 is 5.70. The molecule has 1 aromatic rings. The summed E-state index contributed by atoms with van der Waals surface area (Å²) in [5.41, 5.74) is 0.0520. The van der Waals surface area contributed by atoms with Crippen molar-refractivity contribution in [2.75, 3.05) is 11.9 Å². The summed E-state index contributed by atoms with van der Waals surface area (Å²) in [4.78, 5) is 21.5. The van der Waals surface area contributed by atoms with Gasteiger partial charge in [-0.05, 0) is 37.3 Å². The Bertz CT molecular complexity index is 585. The first-order chi connectivity index (χ1) is 10.1. The van der Waals surface area contributed by atoms with E-state index in [1.807, 2.05) is 0 Å². The first-order valence-electron chi connectivity index (χ1n) is 6.96. The van der Waals surface area contributed by atoms with Gasteiger partial charge in [0, 0.05) is 12.7 Å². The van der Waals surface area contributed by atoms with Gasteiger partial charge >= 0.3 is 5.97 Å². The molecule has 1 heterocycles. The number of anilines is 1. The monoisotopic (exact) mass is 292 g/mol. The molecule has 7 heteroatoms. The minimum absolute atomic E-state index is 0.0480. The second-order valence-corrected chi connectivity index (χ2v) is 5.51. The quantitative estimate of drug-likeness (QED) is 0.637. The van der Waals surface area contributed by atoms with Crippen molar-refractivity contribution in [2.24, 2.45) is 5.92 Å². The number of carboxylic acids is 1. The van der Waals surface area contributed by atoms with Gasteiger partial charge in [-0.2, -0.15) is 0 Å². The third kappa shape index (κ3) is 2.82. The van der Waals surface area contributed by atoms with Gasteiger partial charge in [0.15, 0.2) is 0 Å². The number of hydrogen-bond donors (Lipinski definition) is 2. The van der Waals surface area contributed by atoms with E-state index >= 15 is 0 Å². The molecule has 21 heavy (non-hydrogen) atoms. The Morgan fingerprint density at radius 1 is 1.38 bits per heavy atom. The molecule has 0 radical (unpaired) electrons. The summed E-state index contributed by atoms with van der Waals surface area (Å²) in [6, 6.07) is 3.97. The van der Waals surface area contributed by atoms with Crippen LogP contribution in [0.1, 0.15) is 29.6 Å². The van der Waals surface area contributed by atoms with Crippen molar-refractivity contribution in [3.63, 3.8) is 0 Å². The second kappa shape index (κ2) is 5.33. The Morgan fingerprint density at radius 3 is 2.76 bits per heavy atom. The lowest BCUT2D eigenvalue weighted by atomic mass is 10.1. The number of nitrogens with zero attached hydrogens (tertiary/aromatic N) is 1. The predicted molar refractivity (Wildman–Crippen MR) is 74.5 cm³/mol. The van der Waals surface area contributed by atoms with Crippen molar-refractivity contribution < 1.29 is 19.6 Å². The van der Waals surface area contributed by atoms with Gasteiger partial charge in [0.05, 0.1) is 22.6 Å². The normalized spacial score (nSPS) is 24.8. The lowest BCUT2D eigenvalue weighted by molar-refractivity contribution is -0.384. The van der Waals surface area contributed by atoms with E-state index in [1.54, 1.807) is 0 Å². The highest BCUT2D eigenvalue weighted by molar-refractivity contribution is 5.89. The standard InChI is InChI=1S/C14H16N2O5/c17-14(18)9-3-4-10(12(7-9)16(19)20)15-11-5-6-21-13(11)8-1-2-8/h3-4,7-8,11,13,15H,1-2,5-6H2,(H,17,18). The molecule has 2 atom stereocenters. The first kappa shape index (κ1) is 13.8. The fraction of sp³-hybridized carbons (Fsp3) is 0.500. The molecule has 0 spiro atoms. The molecule has 112 valence electrons. The van der Waals surface area contributed by atoms with Crippen LogP contribution in [0.15, 0.2) is 18.2 Å².